The van der Waals surface area contributed by atoms with Crippen LogP contribution in [0.1, 0.15) is 75.3 Å². The van der Waals surface area contributed by atoms with Crippen molar-refractivity contribution in [3.63, 3.8) is 0 Å². The van der Waals surface area contributed by atoms with Crippen molar-refractivity contribution in [1.29, 1.82) is 0 Å². The lowest BCUT2D eigenvalue weighted by Crippen LogP contribution is -2.37. The smallest absolute Gasteiger partial charge is 0.252 e. The molecule has 0 radical (unpaired) electrons. The molecular formula is C32H41N3O3. The van der Waals surface area contributed by atoms with Crippen molar-refractivity contribution in [3.05, 3.63) is 83.9 Å². The fourth-order valence-electron chi connectivity index (χ4n) is 4.49. The van der Waals surface area contributed by atoms with E-state index in [-0.39, 0.29) is 24.3 Å². The lowest BCUT2D eigenvalue weighted by atomic mass is 10.0. The van der Waals surface area contributed by atoms with E-state index in [4.69, 9.17) is 0 Å². The normalized spacial score (nSPS) is 21.0. The molecule has 6 nitrogen and oxygen atoms in total. The number of nitrogens with one attached hydrogen (secondary N) is 3. The fourth-order valence-corrected chi connectivity index (χ4v) is 4.49. The van der Waals surface area contributed by atoms with Gasteiger partial charge in [0.15, 0.2) is 0 Å². The first-order valence-electron chi connectivity index (χ1n) is 14.0. The number of benzene rings is 2. The van der Waals surface area contributed by atoms with E-state index in [2.05, 4.69) is 16.0 Å². The Bertz CT molecular complexity index is 1080. The Morgan fingerprint density at radius 1 is 0.500 bits per heavy atom. The zero-order valence-corrected chi connectivity index (χ0v) is 22.3. The largest absolute Gasteiger partial charge is 0.355 e. The molecule has 3 amide bonds. The van der Waals surface area contributed by atoms with Crippen LogP contribution >= 0.6 is 0 Å². The molecule has 0 saturated carbocycles. The standard InChI is InChI=1S/C32H41N3O3/c36-30-20-14-6-4-2-1-3-5-7-15-23-33-31(37)25-35-32(38)29(27-18-12-9-13-19-27)22-21-28(24-34-30)26-16-10-8-11-17-26/h8-13,16-19,21-22H,1-7,14-15,20,23-25H2,(H,33,37)(H,34,36)(H,35,38)/b28-21+,29-22-. The first-order chi connectivity index (χ1) is 18.6. The zero-order valence-electron chi connectivity index (χ0n) is 22.3. The topological polar surface area (TPSA) is 87.3 Å². The van der Waals surface area contributed by atoms with Gasteiger partial charge in [0.1, 0.15) is 0 Å². The van der Waals surface area contributed by atoms with E-state index in [9.17, 15) is 14.4 Å². The van der Waals surface area contributed by atoms with Gasteiger partial charge in [0, 0.05) is 25.1 Å². The lowest BCUT2D eigenvalue weighted by Gasteiger charge is -2.12. The van der Waals surface area contributed by atoms with Gasteiger partial charge < -0.3 is 16.0 Å². The van der Waals surface area contributed by atoms with Gasteiger partial charge in [-0.15, -0.1) is 0 Å². The van der Waals surface area contributed by atoms with Crippen molar-refractivity contribution in [2.75, 3.05) is 19.6 Å². The second-order valence-electron chi connectivity index (χ2n) is 9.75. The van der Waals surface area contributed by atoms with Crippen LogP contribution in [0.4, 0.5) is 0 Å². The van der Waals surface area contributed by atoms with Gasteiger partial charge in [-0.1, -0.05) is 112 Å². The number of amides is 3. The summed E-state index contributed by atoms with van der Waals surface area (Å²) in [6.07, 6.45) is 14.1. The van der Waals surface area contributed by atoms with E-state index >= 15 is 0 Å². The molecule has 0 spiro atoms. The summed E-state index contributed by atoms with van der Waals surface area (Å²) in [7, 11) is 0. The van der Waals surface area contributed by atoms with Crippen LogP contribution in [-0.2, 0) is 14.4 Å². The number of carbonyl (C=O) groups excluding carboxylic acids is 3. The quantitative estimate of drug-likeness (QED) is 0.499. The van der Waals surface area contributed by atoms with Gasteiger partial charge >= 0.3 is 0 Å². The van der Waals surface area contributed by atoms with Crippen LogP contribution in [0.2, 0.25) is 0 Å². The van der Waals surface area contributed by atoms with Gasteiger partial charge in [-0.3, -0.25) is 14.4 Å². The molecule has 202 valence electrons. The van der Waals surface area contributed by atoms with Gasteiger partial charge in [0.2, 0.25) is 11.8 Å². The molecule has 3 N–H and O–H groups in total. The molecule has 1 aliphatic rings. The number of rotatable bonds is 2. The highest BCUT2D eigenvalue weighted by molar-refractivity contribution is 6.20. The summed E-state index contributed by atoms with van der Waals surface area (Å²) in [5.41, 5.74) is 3.08. The number of carbonyl (C=O) groups is 3. The first-order valence-corrected chi connectivity index (χ1v) is 14.0. The Balaban J connectivity index is 1.81. The van der Waals surface area contributed by atoms with E-state index in [1.54, 1.807) is 6.08 Å². The van der Waals surface area contributed by atoms with E-state index in [1.165, 1.54) is 19.3 Å². The average Bonchev–Trinajstić information content (AvgIpc) is 2.94. The lowest BCUT2D eigenvalue weighted by molar-refractivity contribution is -0.123. The third-order valence-corrected chi connectivity index (χ3v) is 6.71. The molecule has 0 saturated heterocycles. The Hall–Kier alpha value is -3.67. The second kappa shape index (κ2) is 17.0. The molecule has 0 fully saturated rings. The van der Waals surface area contributed by atoms with E-state index in [1.807, 2.05) is 66.7 Å². The summed E-state index contributed by atoms with van der Waals surface area (Å²) in [5.74, 6) is -0.467. The molecule has 0 atom stereocenters. The number of allylic oxidation sites excluding steroid dienone is 2. The summed E-state index contributed by atoms with van der Waals surface area (Å²) < 4.78 is 0. The highest BCUT2D eigenvalue weighted by atomic mass is 16.2. The average molecular weight is 516 g/mol. The maximum atomic E-state index is 13.2. The van der Waals surface area contributed by atoms with Gasteiger partial charge in [-0.2, -0.15) is 0 Å². The van der Waals surface area contributed by atoms with Crippen LogP contribution in [0, 0.1) is 0 Å². The van der Waals surface area contributed by atoms with Gasteiger partial charge in [0.05, 0.1) is 6.54 Å². The molecular weight excluding hydrogens is 474 g/mol. The third kappa shape index (κ3) is 10.8. The maximum Gasteiger partial charge on any atom is 0.252 e. The monoisotopic (exact) mass is 515 g/mol. The highest BCUT2D eigenvalue weighted by Gasteiger charge is 2.13. The number of hydrogen-bond donors (Lipinski definition) is 3. The Morgan fingerprint density at radius 3 is 1.74 bits per heavy atom. The van der Waals surface area contributed by atoms with Crippen molar-refractivity contribution >= 4 is 28.9 Å². The van der Waals surface area contributed by atoms with Crippen molar-refractivity contribution in [3.8, 4) is 0 Å². The molecule has 3 rings (SSSR count). The minimum absolute atomic E-state index is 0.0428. The van der Waals surface area contributed by atoms with Crippen molar-refractivity contribution in [2.24, 2.45) is 0 Å². The van der Waals surface area contributed by atoms with Gasteiger partial charge in [-0.25, -0.2) is 0 Å². The summed E-state index contributed by atoms with van der Waals surface area (Å²) in [5, 5.41) is 8.74. The molecule has 0 unspecified atom stereocenters. The minimum atomic E-state index is -0.322. The number of hydrogen-bond acceptors (Lipinski definition) is 3. The molecule has 38 heavy (non-hydrogen) atoms. The Labute approximate surface area is 227 Å². The maximum absolute atomic E-state index is 13.2. The second-order valence-corrected chi connectivity index (χ2v) is 9.75. The molecule has 2 aromatic rings. The molecule has 0 aromatic heterocycles. The van der Waals surface area contributed by atoms with Crippen LogP contribution in [0.3, 0.4) is 0 Å². The molecule has 1 heterocycles. The summed E-state index contributed by atoms with van der Waals surface area (Å²) >= 11 is 0. The first kappa shape index (κ1) is 28.9. The van der Waals surface area contributed by atoms with Crippen molar-refractivity contribution in [1.82, 2.24) is 16.0 Å². The highest BCUT2D eigenvalue weighted by Crippen LogP contribution is 2.19. The van der Waals surface area contributed by atoms with Crippen LogP contribution in [0.25, 0.3) is 11.1 Å². The van der Waals surface area contributed by atoms with Gasteiger partial charge in [-0.05, 0) is 35.6 Å². The Kier molecular flexibility index (Phi) is 12.9. The predicted molar refractivity (Wildman–Crippen MR) is 154 cm³/mol. The van der Waals surface area contributed by atoms with Crippen LogP contribution in [-0.4, -0.2) is 37.4 Å². The predicted octanol–water partition coefficient (Wildman–Crippen LogP) is 5.42. The van der Waals surface area contributed by atoms with Crippen LogP contribution in [0.5, 0.6) is 0 Å². The van der Waals surface area contributed by atoms with Crippen LogP contribution in [0.15, 0.2) is 72.8 Å². The molecule has 2 aromatic carbocycles. The molecule has 0 bridgehead atoms. The van der Waals surface area contributed by atoms with Gasteiger partial charge in [0.25, 0.3) is 5.91 Å². The van der Waals surface area contributed by atoms with E-state index in [0.717, 1.165) is 55.2 Å². The SMILES string of the molecule is O=C1CCCCCCCCCCCNC(=O)CNC(=O)/C(c2ccccc2)=C\C=C(\c2ccccc2)CN1. The summed E-state index contributed by atoms with van der Waals surface area (Å²) in [6, 6.07) is 19.2. The van der Waals surface area contributed by atoms with Crippen LogP contribution < -0.4 is 16.0 Å². The van der Waals surface area contributed by atoms with Crippen molar-refractivity contribution < 1.29 is 14.4 Å². The summed E-state index contributed by atoms with van der Waals surface area (Å²) in [6.45, 7) is 0.917. The third-order valence-electron chi connectivity index (χ3n) is 6.71. The zero-order chi connectivity index (χ0) is 26.8. The van der Waals surface area contributed by atoms with Crippen molar-refractivity contribution in [2.45, 2.75) is 64.2 Å². The Morgan fingerprint density at radius 2 is 1.08 bits per heavy atom. The molecule has 0 aliphatic carbocycles. The summed E-state index contributed by atoms with van der Waals surface area (Å²) in [4.78, 5) is 38.1. The minimum Gasteiger partial charge on any atom is -0.355 e. The molecule has 1 aliphatic heterocycles. The van der Waals surface area contributed by atoms with E-state index < -0.39 is 0 Å². The fraction of sp³-hybridized carbons (Fsp3) is 0.406. The molecule has 6 heteroatoms. The van der Waals surface area contributed by atoms with E-state index in [0.29, 0.717) is 25.1 Å².